The lowest BCUT2D eigenvalue weighted by Gasteiger charge is -2.13. The highest BCUT2D eigenvalue weighted by Gasteiger charge is 2.16. The molecule has 0 aliphatic carbocycles. The number of benzene rings is 2. The maximum Gasteiger partial charge on any atom is 0.273 e. The molecule has 0 saturated heterocycles. The Kier molecular flexibility index (Phi) is 6.06. The maximum atomic E-state index is 12.2. The average molecular weight is 367 g/mol. The smallest absolute Gasteiger partial charge is 0.273 e. The Hall–Kier alpha value is -2.24. The molecule has 0 aliphatic rings. The number of hydrogen-bond donors (Lipinski definition) is 1. The molecular formula is C17H16Cl2N2O3. The van der Waals surface area contributed by atoms with Gasteiger partial charge >= 0.3 is 0 Å². The largest absolute Gasteiger partial charge is 0.504 e. The molecule has 0 spiro atoms. The van der Waals surface area contributed by atoms with Gasteiger partial charge in [-0.25, -0.2) is 5.01 Å². The summed E-state index contributed by atoms with van der Waals surface area (Å²) in [5, 5.41) is 15.8. The van der Waals surface area contributed by atoms with Crippen LogP contribution in [0.1, 0.15) is 22.8 Å². The van der Waals surface area contributed by atoms with E-state index in [2.05, 4.69) is 5.10 Å². The van der Waals surface area contributed by atoms with Crippen LogP contribution in [0, 0.1) is 0 Å². The highest BCUT2D eigenvalue weighted by molar-refractivity contribution is 6.43. The van der Waals surface area contributed by atoms with Gasteiger partial charge in [0, 0.05) is 18.7 Å². The normalized spacial score (nSPS) is 10.8. The first-order chi connectivity index (χ1) is 11.5. The predicted molar refractivity (Wildman–Crippen MR) is 95.4 cm³/mol. The summed E-state index contributed by atoms with van der Waals surface area (Å²) in [4.78, 5) is 12.2. The fourth-order valence-electron chi connectivity index (χ4n) is 1.96. The second-order valence-corrected chi connectivity index (χ2v) is 5.59. The minimum atomic E-state index is -0.297. The zero-order valence-electron chi connectivity index (χ0n) is 13.2. The zero-order valence-corrected chi connectivity index (χ0v) is 14.7. The number of ether oxygens (including phenoxy) is 1. The van der Waals surface area contributed by atoms with E-state index in [1.807, 2.05) is 6.07 Å². The van der Waals surface area contributed by atoms with Gasteiger partial charge in [0.2, 0.25) is 0 Å². The third-order valence-electron chi connectivity index (χ3n) is 3.17. The van der Waals surface area contributed by atoms with Crippen molar-refractivity contribution in [2.24, 2.45) is 5.10 Å². The van der Waals surface area contributed by atoms with Crippen molar-refractivity contribution in [1.29, 1.82) is 0 Å². The second kappa shape index (κ2) is 8.04. The van der Waals surface area contributed by atoms with E-state index in [1.165, 1.54) is 19.3 Å². The second-order valence-electron chi connectivity index (χ2n) is 4.81. The van der Waals surface area contributed by atoms with Crippen LogP contribution < -0.4 is 4.74 Å². The summed E-state index contributed by atoms with van der Waals surface area (Å²) in [6, 6.07) is 10.1. The lowest BCUT2D eigenvalue weighted by molar-refractivity contribution is 0.0800. The molecule has 0 radical (unpaired) electrons. The lowest BCUT2D eigenvalue weighted by atomic mass is 10.2. The van der Waals surface area contributed by atoms with E-state index in [4.69, 9.17) is 27.9 Å². The van der Waals surface area contributed by atoms with Gasteiger partial charge in [-0.05, 0) is 19.1 Å². The Labute approximate surface area is 150 Å². The fraction of sp³-hybridized carbons (Fsp3) is 0.176. The van der Waals surface area contributed by atoms with Crippen molar-refractivity contribution in [2.45, 2.75) is 6.92 Å². The van der Waals surface area contributed by atoms with Gasteiger partial charge in [-0.3, -0.25) is 4.79 Å². The van der Waals surface area contributed by atoms with Crippen LogP contribution in [0.5, 0.6) is 11.5 Å². The molecule has 0 heterocycles. The Morgan fingerprint density at radius 3 is 2.62 bits per heavy atom. The molecule has 1 amide bonds. The van der Waals surface area contributed by atoms with E-state index in [0.29, 0.717) is 12.2 Å². The third-order valence-corrected chi connectivity index (χ3v) is 3.97. The number of aromatic hydroxyl groups is 1. The van der Waals surface area contributed by atoms with Crippen molar-refractivity contribution in [2.75, 3.05) is 13.7 Å². The van der Waals surface area contributed by atoms with Crippen LogP contribution in [0.25, 0.3) is 0 Å². The number of amides is 1. The monoisotopic (exact) mass is 366 g/mol. The Bertz CT molecular complexity index is 764. The number of carbonyl (C=O) groups excluding carboxylic acids is 1. The van der Waals surface area contributed by atoms with E-state index in [-0.39, 0.29) is 33.0 Å². The van der Waals surface area contributed by atoms with E-state index < -0.39 is 0 Å². The number of hydrazone groups is 1. The minimum Gasteiger partial charge on any atom is -0.504 e. The summed E-state index contributed by atoms with van der Waals surface area (Å²) in [5.41, 5.74) is 0.675. The van der Waals surface area contributed by atoms with Gasteiger partial charge < -0.3 is 9.84 Å². The Morgan fingerprint density at radius 1 is 1.33 bits per heavy atom. The predicted octanol–water partition coefficient (Wildman–Crippen LogP) is 4.20. The quantitative estimate of drug-likeness (QED) is 0.636. The number of phenols is 1. The molecule has 0 saturated carbocycles. The van der Waals surface area contributed by atoms with E-state index in [9.17, 15) is 9.90 Å². The Morgan fingerprint density at radius 2 is 2.00 bits per heavy atom. The molecule has 0 aliphatic heterocycles. The van der Waals surface area contributed by atoms with Crippen molar-refractivity contribution in [3.05, 3.63) is 57.6 Å². The van der Waals surface area contributed by atoms with Gasteiger partial charge in [-0.2, -0.15) is 5.10 Å². The number of rotatable bonds is 5. The van der Waals surface area contributed by atoms with E-state index in [0.717, 1.165) is 5.01 Å². The van der Waals surface area contributed by atoms with Crippen molar-refractivity contribution in [1.82, 2.24) is 5.01 Å². The first-order valence-corrected chi connectivity index (χ1v) is 7.92. The molecule has 2 aromatic rings. The number of carbonyl (C=O) groups is 1. The molecule has 7 heteroatoms. The molecule has 0 unspecified atom stereocenters. The number of halogens is 2. The first-order valence-electron chi connectivity index (χ1n) is 7.16. The first kappa shape index (κ1) is 18.1. The molecule has 0 bridgehead atoms. The molecule has 0 atom stereocenters. The summed E-state index contributed by atoms with van der Waals surface area (Å²) in [7, 11) is 1.50. The van der Waals surface area contributed by atoms with Crippen molar-refractivity contribution in [3.8, 4) is 11.5 Å². The summed E-state index contributed by atoms with van der Waals surface area (Å²) in [6.07, 6.45) is 1.27. The summed E-state index contributed by atoms with van der Waals surface area (Å²) in [6.45, 7) is 2.14. The fourth-order valence-corrected chi connectivity index (χ4v) is 2.35. The van der Waals surface area contributed by atoms with Crippen LogP contribution in [-0.4, -0.2) is 35.9 Å². The summed E-state index contributed by atoms with van der Waals surface area (Å²) in [5.74, 6) is -0.282. The highest BCUT2D eigenvalue weighted by Crippen LogP contribution is 2.39. The maximum absolute atomic E-state index is 12.2. The molecule has 1 N–H and O–H groups in total. The van der Waals surface area contributed by atoms with E-state index >= 15 is 0 Å². The van der Waals surface area contributed by atoms with E-state index in [1.54, 1.807) is 31.2 Å². The van der Waals surface area contributed by atoms with Crippen LogP contribution in [0.2, 0.25) is 10.0 Å². The van der Waals surface area contributed by atoms with Crippen LogP contribution in [0.3, 0.4) is 0 Å². The topological polar surface area (TPSA) is 62.1 Å². The van der Waals surface area contributed by atoms with Gasteiger partial charge in [-0.15, -0.1) is 0 Å². The van der Waals surface area contributed by atoms with Gasteiger partial charge in [0.15, 0.2) is 11.5 Å². The minimum absolute atomic E-state index is 0.127. The molecule has 5 nitrogen and oxygen atoms in total. The molecule has 126 valence electrons. The van der Waals surface area contributed by atoms with Crippen LogP contribution >= 0.6 is 23.2 Å². The zero-order chi connectivity index (χ0) is 17.7. The molecule has 24 heavy (non-hydrogen) atoms. The molecule has 0 aromatic heterocycles. The summed E-state index contributed by atoms with van der Waals surface area (Å²) < 4.78 is 5.30. The van der Waals surface area contributed by atoms with Crippen LogP contribution in [-0.2, 0) is 0 Å². The number of hydrogen-bond acceptors (Lipinski definition) is 4. The van der Waals surface area contributed by atoms with Crippen LogP contribution in [0.4, 0.5) is 0 Å². The molecule has 2 rings (SSSR count). The molecule has 2 aromatic carbocycles. The molecular weight excluding hydrogens is 351 g/mol. The summed E-state index contributed by atoms with van der Waals surface area (Å²) >= 11 is 12.1. The van der Waals surface area contributed by atoms with Crippen molar-refractivity contribution in [3.63, 3.8) is 0 Å². The SMILES string of the molecule is CCOc1cc(Cl)c(Cl)c(/C=N/N(C)C(=O)c2ccccc2)c1O. The van der Waals surface area contributed by atoms with Gasteiger partial charge in [0.1, 0.15) is 0 Å². The van der Waals surface area contributed by atoms with Crippen LogP contribution in [0.15, 0.2) is 41.5 Å². The number of nitrogens with zero attached hydrogens (tertiary/aromatic N) is 2. The van der Waals surface area contributed by atoms with Crippen molar-refractivity contribution >= 4 is 35.3 Å². The standard InChI is InChI=1S/C17H16Cl2N2O3/c1-3-24-14-9-13(18)15(19)12(16(14)22)10-20-21(2)17(23)11-7-5-4-6-8-11/h4-10,22H,3H2,1-2H3/b20-10+. The Balaban J connectivity index is 2.30. The molecule has 0 fully saturated rings. The lowest BCUT2D eigenvalue weighted by Crippen LogP contribution is -2.21. The van der Waals surface area contributed by atoms with Crippen molar-refractivity contribution < 1.29 is 14.6 Å². The van der Waals surface area contributed by atoms with Gasteiger partial charge in [0.25, 0.3) is 5.91 Å². The van der Waals surface area contributed by atoms with Gasteiger partial charge in [-0.1, -0.05) is 41.4 Å². The average Bonchev–Trinajstić information content (AvgIpc) is 2.59. The van der Waals surface area contributed by atoms with Gasteiger partial charge in [0.05, 0.1) is 28.4 Å². The third kappa shape index (κ3) is 3.99. The number of phenolic OH excluding ortho intramolecular Hbond substituents is 1. The highest BCUT2D eigenvalue weighted by atomic mass is 35.5.